The van der Waals surface area contributed by atoms with Crippen LogP contribution in [0.5, 0.6) is 17.2 Å². The maximum atomic E-state index is 5.45. The van der Waals surface area contributed by atoms with E-state index in [1.165, 1.54) is 18.4 Å². The third-order valence-corrected chi connectivity index (χ3v) is 5.22. The van der Waals surface area contributed by atoms with E-state index in [1.807, 2.05) is 12.1 Å². The SMILES string of the molecule is CCNC(=NCC1(Cc2ccccc2)CC1)Nc1cc(OC)c(OC)c(OC)c1.I. The van der Waals surface area contributed by atoms with Gasteiger partial charge < -0.3 is 24.8 Å². The van der Waals surface area contributed by atoms with Crippen molar-refractivity contribution in [1.82, 2.24) is 5.32 Å². The summed E-state index contributed by atoms with van der Waals surface area (Å²) in [7, 11) is 4.82. The molecule has 30 heavy (non-hydrogen) atoms. The molecular formula is C23H32IN3O3. The molecule has 7 heteroatoms. The molecule has 1 fully saturated rings. The van der Waals surface area contributed by atoms with Crippen LogP contribution in [0.25, 0.3) is 0 Å². The molecule has 2 aromatic carbocycles. The molecule has 3 rings (SSSR count). The Kier molecular flexibility index (Phi) is 9.08. The number of hydrogen-bond acceptors (Lipinski definition) is 4. The van der Waals surface area contributed by atoms with Crippen LogP contribution in [0, 0.1) is 5.41 Å². The normalized spacial score (nSPS) is 14.3. The van der Waals surface area contributed by atoms with Crippen molar-refractivity contribution >= 4 is 35.6 Å². The van der Waals surface area contributed by atoms with Gasteiger partial charge in [0.15, 0.2) is 17.5 Å². The van der Waals surface area contributed by atoms with Crippen LogP contribution in [-0.4, -0.2) is 40.4 Å². The number of nitrogens with zero attached hydrogens (tertiary/aromatic N) is 1. The lowest BCUT2D eigenvalue weighted by atomic mass is 9.97. The first-order valence-corrected chi connectivity index (χ1v) is 10.0. The molecule has 0 heterocycles. The predicted octanol–water partition coefficient (Wildman–Crippen LogP) is 4.73. The molecule has 0 bridgehead atoms. The van der Waals surface area contributed by atoms with Crippen LogP contribution < -0.4 is 24.8 Å². The summed E-state index contributed by atoms with van der Waals surface area (Å²) in [6.07, 6.45) is 3.50. The van der Waals surface area contributed by atoms with E-state index in [0.717, 1.165) is 31.2 Å². The fourth-order valence-electron chi connectivity index (χ4n) is 3.44. The van der Waals surface area contributed by atoms with E-state index in [0.29, 0.717) is 17.2 Å². The Labute approximate surface area is 196 Å². The molecule has 2 N–H and O–H groups in total. The molecule has 6 nitrogen and oxygen atoms in total. The van der Waals surface area contributed by atoms with Crippen molar-refractivity contribution < 1.29 is 14.2 Å². The summed E-state index contributed by atoms with van der Waals surface area (Å²) in [5, 5.41) is 6.69. The number of halogens is 1. The fourth-order valence-corrected chi connectivity index (χ4v) is 3.44. The van der Waals surface area contributed by atoms with E-state index >= 15 is 0 Å². The molecule has 0 spiro atoms. The van der Waals surface area contributed by atoms with Crippen LogP contribution in [0.3, 0.4) is 0 Å². The van der Waals surface area contributed by atoms with Crippen LogP contribution in [-0.2, 0) is 6.42 Å². The summed E-state index contributed by atoms with van der Waals surface area (Å²) >= 11 is 0. The highest BCUT2D eigenvalue weighted by Gasteiger charge is 2.42. The summed E-state index contributed by atoms with van der Waals surface area (Å²) < 4.78 is 16.3. The third kappa shape index (κ3) is 6.17. The van der Waals surface area contributed by atoms with Gasteiger partial charge in [-0.2, -0.15) is 0 Å². The van der Waals surface area contributed by atoms with Crippen molar-refractivity contribution in [2.45, 2.75) is 26.2 Å². The van der Waals surface area contributed by atoms with Gasteiger partial charge in [0.25, 0.3) is 0 Å². The lowest BCUT2D eigenvalue weighted by Crippen LogP contribution is -2.31. The quantitative estimate of drug-likeness (QED) is 0.282. The average molecular weight is 525 g/mol. The predicted molar refractivity (Wildman–Crippen MR) is 133 cm³/mol. The number of guanidine groups is 1. The summed E-state index contributed by atoms with van der Waals surface area (Å²) in [6, 6.07) is 14.4. The molecule has 1 aliphatic rings. The van der Waals surface area contributed by atoms with Crippen LogP contribution in [0.15, 0.2) is 47.5 Å². The van der Waals surface area contributed by atoms with Crippen molar-refractivity contribution in [1.29, 1.82) is 0 Å². The minimum Gasteiger partial charge on any atom is -0.493 e. The molecule has 0 atom stereocenters. The molecule has 0 aliphatic heterocycles. The zero-order valence-electron chi connectivity index (χ0n) is 18.2. The molecule has 1 aliphatic carbocycles. The van der Waals surface area contributed by atoms with Gasteiger partial charge in [-0.05, 0) is 37.2 Å². The van der Waals surface area contributed by atoms with E-state index in [2.05, 4.69) is 47.9 Å². The highest BCUT2D eigenvalue weighted by atomic mass is 127. The van der Waals surface area contributed by atoms with Crippen molar-refractivity contribution in [3.8, 4) is 17.2 Å². The largest absolute Gasteiger partial charge is 0.493 e. The topological polar surface area (TPSA) is 64.1 Å². The lowest BCUT2D eigenvalue weighted by molar-refractivity contribution is 0.324. The molecule has 2 aromatic rings. The smallest absolute Gasteiger partial charge is 0.203 e. The van der Waals surface area contributed by atoms with Gasteiger partial charge in [-0.25, -0.2) is 0 Å². The number of hydrogen-bond donors (Lipinski definition) is 2. The lowest BCUT2D eigenvalue weighted by Gasteiger charge is -2.18. The Hall–Kier alpha value is -2.16. The van der Waals surface area contributed by atoms with Crippen LogP contribution in [0.1, 0.15) is 25.3 Å². The zero-order chi connectivity index (χ0) is 20.7. The monoisotopic (exact) mass is 525 g/mol. The number of anilines is 1. The molecule has 0 aromatic heterocycles. The van der Waals surface area contributed by atoms with Gasteiger partial charge in [-0.1, -0.05) is 30.3 Å². The zero-order valence-corrected chi connectivity index (χ0v) is 20.5. The Morgan fingerprint density at radius 2 is 1.63 bits per heavy atom. The van der Waals surface area contributed by atoms with Gasteiger partial charge in [0.1, 0.15) is 0 Å². The third-order valence-electron chi connectivity index (χ3n) is 5.22. The van der Waals surface area contributed by atoms with Crippen LogP contribution >= 0.6 is 24.0 Å². The Morgan fingerprint density at radius 1 is 1.00 bits per heavy atom. The fraction of sp³-hybridized carbons (Fsp3) is 0.435. The summed E-state index contributed by atoms with van der Waals surface area (Å²) in [4.78, 5) is 4.87. The van der Waals surface area contributed by atoms with Gasteiger partial charge >= 0.3 is 0 Å². The summed E-state index contributed by atoms with van der Waals surface area (Å²) in [5.41, 5.74) is 2.48. The van der Waals surface area contributed by atoms with E-state index < -0.39 is 0 Å². The van der Waals surface area contributed by atoms with Gasteiger partial charge in [-0.15, -0.1) is 24.0 Å². The molecular weight excluding hydrogens is 493 g/mol. The number of aliphatic imine (C=N–C) groups is 1. The van der Waals surface area contributed by atoms with Crippen molar-refractivity contribution in [3.63, 3.8) is 0 Å². The van der Waals surface area contributed by atoms with Crippen molar-refractivity contribution in [2.24, 2.45) is 10.4 Å². The first kappa shape index (κ1) is 24.1. The van der Waals surface area contributed by atoms with Crippen LogP contribution in [0.4, 0.5) is 5.69 Å². The maximum Gasteiger partial charge on any atom is 0.203 e. The number of ether oxygens (including phenoxy) is 3. The maximum absolute atomic E-state index is 5.45. The molecule has 0 unspecified atom stereocenters. The summed E-state index contributed by atoms with van der Waals surface area (Å²) in [6.45, 7) is 3.63. The second-order valence-corrected chi connectivity index (χ2v) is 7.40. The number of benzene rings is 2. The molecule has 1 saturated carbocycles. The Balaban J connectivity index is 0.00000320. The van der Waals surface area contributed by atoms with Gasteiger partial charge in [0, 0.05) is 30.9 Å². The minimum atomic E-state index is 0. The second kappa shape index (κ2) is 11.3. The Morgan fingerprint density at radius 3 is 2.13 bits per heavy atom. The first-order valence-electron chi connectivity index (χ1n) is 10.0. The number of rotatable bonds is 9. The standard InChI is InChI=1S/C23H31N3O3.HI/c1-5-24-22(25-16-23(11-12-23)15-17-9-7-6-8-10-17)26-18-13-19(27-2)21(29-4)20(14-18)28-3;/h6-10,13-14H,5,11-12,15-16H2,1-4H3,(H2,24,25,26);1H. The van der Waals surface area contributed by atoms with Crippen LogP contribution in [0.2, 0.25) is 0 Å². The first-order chi connectivity index (χ1) is 14.1. The highest BCUT2D eigenvalue weighted by molar-refractivity contribution is 14.0. The molecule has 0 amide bonds. The van der Waals surface area contributed by atoms with Crippen molar-refractivity contribution in [2.75, 3.05) is 39.7 Å². The second-order valence-electron chi connectivity index (χ2n) is 7.40. The van der Waals surface area contributed by atoms with Gasteiger partial charge in [0.2, 0.25) is 5.75 Å². The van der Waals surface area contributed by atoms with E-state index in [-0.39, 0.29) is 29.4 Å². The van der Waals surface area contributed by atoms with E-state index in [9.17, 15) is 0 Å². The Bertz CT molecular complexity index is 814. The molecule has 0 saturated heterocycles. The number of methoxy groups -OCH3 is 3. The van der Waals surface area contributed by atoms with Crippen molar-refractivity contribution in [3.05, 3.63) is 48.0 Å². The minimum absolute atomic E-state index is 0. The number of nitrogens with one attached hydrogen (secondary N) is 2. The van der Waals surface area contributed by atoms with Gasteiger partial charge in [-0.3, -0.25) is 4.99 Å². The summed E-state index contributed by atoms with van der Waals surface area (Å²) in [5.74, 6) is 2.53. The average Bonchev–Trinajstić information content (AvgIpc) is 3.51. The molecule has 0 radical (unpaired) electrons. The van der Waals surface area contributed by atoms with Gasteiger partial charge in [0.05, 0.1) is 21.3 Å². The molecule has 164 valence electrons. The van der Waals surface area contributed by atoms with E-state index in [1.54, 1.807) is 21.3 Å². The highest BCUT2D eigenvalue weighted by Crippen LogP contribution is 2.48. The van der Waals surface area contributed by atoms with E-state index in [4.69, 9.17) is 19.2 Å².